The van der Waals surface area contributed by atoms with E-state index in [0.717, 1.165) is 28.7 Å². The lowest BCUT2D eigenvalue weighted by Gasteiger charge is -2.28. The molecule has 0 atom stereocenters. The van der Waals surface area contributed by atoms with Gasteiger partial charge in [0.2, 0.25) is 5.91 Å². The number of aromatic nitrogens is 2. The van der Waals surface area contributed by atoms with E-state index < -0.39 is 0 Å². The third-order valence-corrected chi connectivity index (χ3v) is 4.51. The fourth-order valence-electron chi connectivity index (χ4n) is 3.12. The van der Waals surface area contributed by atoms with E-state index in [9.17, 15) is 9.59 Å². The summed E-state index contributed by atoms with van der Waals surface area (Å²) in [5.41, 5.74) is 3.33. The summed E-state index contributed by atoms with van der Waals surface area (Å²) in [5.74, 6) is -0.0998. The number of para-hydroxylation sites is 1. The lowest BCUT2D eigenvalue weighted by molar-refractivity contribution is -0.120. The second kappa shape index (κ2) is 6.87. The van der Waals surface area contributed by atoms with Gasteiger partial charge in [0.15, 0.2) is 0 Å². The van der Waals surface area contributed by atoms with Crippen molar-refractivity contribution in [3.8, 4) is 0 Å². The number of hydrogen-bond donors (Lipinski definition) is 3. The second-order valence-corrected chi connectivity index (χ2v) is 6.26. The number of hydrogen-bond acceptors (Lipinski definition) is 4. The maximum atomic E-state index is 12.5. The van der Waals surface area contributed by atoms with Gasteiger partial charge in [-0.05, 0) is 23.8 Å². The molecule has 26 heavy (non-hydrogen) atoms. The molecule has 1 aliphatic heterocycles. The zero-order valence-electron chi connectivity index (χ0n) is 14.2. The van der Waals surface area contributed by atoms with Crippen molar-refractivity contribution in [3.05, 3.63) is 59.8 Å². The first-order valence-electron chi connectivity index (χ1n) is 8.51. The van der Waals surface area contributed by atoms with Gasteiger partial charge in [0.1, 0.15) is 0 Å². The van der Waals surface area contributed by atoms with Gasteiger partial charge >= 0.3 is 0 Å². The van der Waals surface area contributed by atoms with Crippen molar-refractivity contribution in [1.29, 1.82) is 0 Å². The topological polar surface area (TPSA) is 90.1 Å². The smallest absolute Gasteiger partial charge is 0.253 e. The zero-order valence-corrected chi connectivity index (χ0v) is 14.2. The number of piperazine rings is 1. The molecule has 0 saturated carbocycles. The van der Waals surface area contributed by atoms with Crippen molar-refractivity contribution in [1.82, 2.24) is 20.8 Å². The van der Waals surface area contributed by atoms with Crippen LogP contribution in [-0.4, -0.2) is 41.6 Å². The molecule has 7 heteroatoms. The zero-order chi connectivity index (χ0) is 17.9. The van der Waals surface area contributed by atoms with Crippen LogP contribution in [0.15, 0.2) is 48.7 Å². The highest BCUT2D eigenvalue weighted by atomic mass is 16.2. The van der Waals surface area contributed by atoms with Crippen LogP contribution < -0.4 is 15.5 Å². The first kappa shape index (κ1) is 16.1. The van der Waals surface area contributed by atoms with Gasteiger partial charge < -0.3 is 15.5 Å². The molecule has 1 saturated heterocycles. The number of nitrogens with zero attached hydrogens (tertiary/aromatic N) is 2. The summed E-state index contributed by atoms with van der Waals surface area (Å²) in [6, 6.07) is 13.4. The molecule has 2 amide bonds. The van der Waals surface area contributed by atoms with E-state index >= 15 is 0 Å². The highest BCUT2D eigenvalue weighted by Gasteiger charge is 2.16. The van der Waals surface area contributed by atoms with Crippen LogP contribution in [0.4, 0.5) is 5.69 Å². The van der Waals surface area contributed by atoms with E-state index in [0.29, 0.717) is 25.2 Å². The number of rotatable bonds is 4. The Balaban J connectivity index is 1.41. The van der Waals surface area contributed by atoms with E-state index in [1.54, 1.807) is 12.3 Å². The summed E-state index contributed by atoms with van der Waals surface area (Å²) in [6.07, 6.45) is 1.70. The Hall–Kier alpha value is -3.35. The van der Waals surface area contributed by atoms with E-state index in [4.69, 9.17) is 0 Å². The Kier molecular flexibility index (Phi) is 4.27. The molecule has 3 aromatic rings. The number of fused-ring (bicyclic) bond motifs is 1. The van der Waals surface area contributed by atoms with Crippen molar-refractivity contribution < 1.29 is 9.59 Å². The van der Waals surface area contributed by atoms with Crippen LogP contribution in [0.3, 0.4) is 0 Å². The minimum atomic E-state index is -0.142. The number of carbonyl (C=O) groups excluding carboxylic acids is 2. The average molecular weight is 349 g/mol. The van der Waals surface area contributed by atoms with Crippen LogP contribution in [-0.2, 0) is 11.3 Å². The van der Waals surface area contributed by atoms with Crippen molar-refractivity contribution in [2.75, 3.05) is 24.5 Å². The number of carbonyl (C=O) groups is 2. The van der Waals surface area contributed by atoms with Crippen LogP contribution in [0, 0.1) is 0 Å². The highest BCUT2D eigenvalue weighted by Crippen LogP contribution is 2.17. The van der Waals surface area contributed by atoms with Crippen molar-refractivity contribution in [2.24, 2.45) is 0 Å². The first-order valence-corrected chi connectivity index (χ1v) is 8.51. The lowest BCUT2D eigenvalue weighted by Crippen LogP contribution is -2.47. The predicted octanol–water partition coefficient (Wildman–Crippen LogP) is 1.43. The van der Waals surface area contributed by atoms with Gasteiger partial charge in [0, 0.05) is 30.7 Å². The molecule has 132 valence electrons. The van der Waals surface area contributed by atoms with Crippen LogP contribution in [0.2, 0.25) is 0 Å². The number of nitrogens with one attached hydrogen (secondary N) is 3. The molecule has 0 spiro atoms. The quantitative estimate of drug-likeness (QED) is 0.665. The molecular formula is C19H19N5O2. The van der Waals surface area contributed by atoms with Gasteiger partial charge in [-0.2, -0.15) is 5.10 Å². The molecule has 0 aliphatic carbocycles. The van der Waals surface area contributed by atoms with Crippen molar-refractivity contribution >= 4 is 28.4 Å². The lowest BCUT2D eigenvalue weighted by atomic mass is 10.1. The number of H-pyrrole nitrogens is 1. The van der Waals surface area contributed by atoms with Gasteiger partial charge in [0.25, 0.3) is 5.91 Å². The predicted molar refractivity (Wildman–Crippen MR) is 98.9 cm³/mol. The Morgan fingerprint density at radius 1 is 1.19 bits per heavy atom. The molecule has 0 bridgehead atoms. The molecule has 1 fully saturated rings. The van der Waals surface area contributed by atoms with Crippen molar-refractivity contribution in [3.63, 3.8) is 0 Å². The SMILES string of the molecule is O=C1CN(c2ccc(CNC(=O)c3cccc4cn[nH]c34)cc2)CCN1. The number of amides is 2. The fourth-order valence-corrected chi connectivity index (χ4v) is 3.12. The Morgan fingerprint density at radius 2 is 2.04 bits per heavy atom. The summed E-state index contributed by atoms with van der Waals surface area (Å²) in [7, 11) is 0. The van der Waals surface area contributed by atoms with Crippen LogP contribution in [0.25, 0.3) is 10.9 Å². The third-order valence-electron chi connectivity index (χ3n) is 4.51. The highest BCUT2D eigenvalue weighted by molar-refractivity contribution is 6.05. The monoisotopic (exact) mass is 349 g/mol. The maximum absolute atomic E-state index is 12.5. The fraction of sp³-hybridized carbons (Fsp3) is 0.211. The molecule has 7 nitrogen and oxygen atoms in total. The molecule has 2 aromatic carbocycles. The van der Waals surface area contributed by atoms with Gasteiger partial charge in [-0.15, -0.1) is 0 Å². The summed E-state index contributed by atoms with van der Waals surface area (Å²) in [4.78, 5) is 26.0. The van der Waals surface area contributed by atoms with E-state index in [2.05, 4.69) is 20.8 Å². The van der Waals surface area contributed by atoms with Gasteiger partial charge in [-0.25, -0.2) is 0 Å². The van der Waals surface area contributed by atoms with E-state index in [1.165, 1.54) is 0 Å². The molecule has 0 radical (unpaired) electrons. The number of benzene rings is 2. The molecule has 3 N–H and O–H groups in total. The van der Waals surface area contributed by atoms with Gasteiger partial charge in [-0.1, -0.05) is 24.3 Å². The summed E-state index contributed by atoms with van der Waals surface area (Å²) < 4.78 is 0. The minimum absolute atomic E-state index is 0.0422. The molecule has 1 aromatic heterocycles. The normalized spacial score (nSPS) is 14.3. The van der Waals surface area contributed by atoms with Crippen LogP contribution in [0.1, 0.15) is 15.9 Å². The maximum Gasteiger partial charge on any atom is 0.253 e. The van der Waals surface area contributed by atoms with E-state index in [1.807, 2.05) is 41.3 Å². The largest absolute Gasteiger partial charge is 0.360 e. The first-order chi connectivity index (χ1) is 12.7. The minimum Gasteiger partial charge on any atom is -0.360 e. The Labute approximate surface area is 150 Å². The Morgan fingerprint density at radius 3 is 2.85 bits per heavy atom. The van der Waals surface area contributed by atoms with Gasteiger partial charge in [-0.3, -0.25) is 14.7 Å². The summed E-state index contributed by atoms with van der Waals surface area (Å²) in [6.45, 7) is 2.28. The molecule has 2 heterocycles. The average Bonchev–Trinajstić information content (AvgIpc) is 3.15. The standard InChI is InChI=1S/C19H19N5O2/c25-17-12-24(9-8-20-17)15-6-4-13(5-7-15)10-21-19(26)16-3-1-2-14-11-22-23-18(14)16/h1-7,11H,8-10,12H2,(H,20,25)(H,21,26)(H,22,23). The molecule has 4 rings (SSSR count). The summed E-state index contributed by atoms with van der Waals surface area (Å²) >= 11 is 0. The molecule has 1 aliphatic rings. The van der Waals surface area contributed by atoms with Crippen molar-refractivity contribution in [2.45, 2.75) is 6.54 Å². The Bertz CT molecular complexity index is 948. The second-order valence-electron chi connectivity index (χ2n) is 6.26. The molecule has 0 unspecified atom stereocenters. The van der Waals surface area contributed by atoms with E-state index in [-0.39, 0.29) is 11.8 Å². The summed E-state index contributed by atoms with van der Waals surface area (Å²) in [5, 5.41) is 13.5. The van der Waals surface area contributed by atoms with Crippen LogP contribution >= 0.6 is 0 Å². The van der Waals surface area contributed by atoms with Crippen LogP contribution in [0.5, 0.6) is 0 Å². The third kappa shape index (κ3) is 3.23. The number of aromatic amines is 1. The molecular weight excluding hydrogens is 330 g/mol. The number of anilines is 1. The van der Waals surface area contributed by atoms with Gasteiger partial charge in [0.05, 0.1) is 23.8 Å².